The number of halogens is 3. The number of benzene rings is 1. The van der Waals surface area contributed by atoms with Gasteiger partial charge in [0.2, 0.25) is 0 Å². The Hall–Kier alpha value is 1.89. The molecule has 0 saturated heterocycles. The van der Waals surface area contributed by atoms with Crippen LogP contribution in [0.25, 0.3) is 10.8 Å². The minimum atomic E-state index is 0. The molecule has 0 fully saturated rings. The summed E-state index contributed by atoms with van der Waals surface area (Å²) < 4.78 is 0. The molecule has 0 heterocycles. The van der Waals surface area contributed by atoms with Crippen LogP contribution in [0.4, 0.5) is 0 Å². The van der Waals surface area contributed by atoms with Gasteiger partial charge in [-0.1, -0.05) is 6.07 Å². The molecule has 2 aromatic rings. The van der Waals surface area contributed by atoms with Gasteiger partial charge in [0, 0.05) is 25.8 Å². The zero-order valence-electron chi connectivity index (χ0n) is 7.68. The van der Waals surface area contributed by atoms with Crippen molar-refractivity contribution in [3.8, 4) is 0 Å². The molecule has 0 unspecified atom stereocenters. The van der Waals surface area contributed by atoms with Gasteiger partial charge in [-0.25, -0.2) is 0 Å². The summed E-state index contributed by atoms with van der Waals surface area (Å²) in [6, 6.07) is 14.7. The molecular formula is C10H10HfI3-5. The maximum Gasteiger partial charge on any atom is 0 e. The molecule has 14 heavy (non-hydrogen) atoms. The summed E-state index contributed by atoms with van der Waals surface area (Å²) in [6.45, 7) is 0. The summed E-state index contributed by atoms with van der Waals surface area (Å²) in [4.78, 5) is 0. The zero-order valence-corrected chi connectivity index (χ0v) is 17.7. The van der Waals surface area contributed by atoms with Crippen LogP contribution in [-0.2, 0) is 25.8 Å². The summed E-state index contributed by atoms with van der Waals surface area (Å²) in [6.07, 6.45) is 0. The second-order valence-electron chi connectivity index (χ2n) is 2.15. The average molecular weight is 689 g/mol. The van der Waals surface area contributed by atoms with E-state index in [4.69, 9.17) is 0 Å². The first-order valence-electron chi connectivity index (χ1n) is 3.07. The van der Waals surface area contributed by atoms with Crippen molar-refractivity contribution in [3.05, 3.63) is 49.9 Å². The third-order valence-electron chi connectivity index (χ3n) is 1.55. The molecule has 0 aliphatic heterocycles. The van der Waals surface area contributed by atoms with Crippen molar-refractivity contribution in [1.29, 1.82) is 0 Å². The molecule has 0 aliphatic rings. The minimum Gasteiger partial charge on any atom is -1.00 e. The largest absolute Gasteiger partial charge is 1.00 e. The molecule has 2 rings (SSSR count). The SMILES string of the molecule is [CH3-].[Hf].[I-].[I-].[I-].c1ccc2[cH-]ccc2c1. The summed E-state index contributed by atoms with van der Waals surface area (Å²) in [5, 5.41) is 2.66. The molecule has 0 radical (unpaired) electrons. The van der Waals surface area contributed by atoms with Gasteiger partial charge in [0.15, 0.2) is 0 Å². The molecule has 0 N–H and O–H groups in total. The zero-order chi connectivity index (χ0) is 6.10. The van der Waals surface area contributed by atoms with E-state index in [2.05, 4.69) is 42.5 Å². The van der Waals surface area contributed by atoms with E-state index in [1.807, 2.05) is 0 Å². The van der Waals surface area contributed by atoms with Gasteiger partial charge < -0.3 is 79.4 Å². The second kappa shape index (κ2) is 13.0. The maximum absolute atomic E-state index is 2.12. The third-order valence-corrected chi connectivity index (χ3v) is 1.55. The Kier molecular flexibility index (Phi) is 23.1. The molecule has 4 heteroatoms. The van der Waals surface area contributed by atoms with Gasteiger partial charge in [0.1, 0.15) is 0 Å². The summed E-state index contributed by atoms with van der Waals surface area (Å²) >= 11 is 0. The van der Waals surface area contributed by atoms with E-state index in [9.17, 15) is 0 Å². The van der Waals surface area contributed by atoms with E-state index < -0.39 is 0 Å². The van der Waals surface area contributed by atoms with Gasteiger partial charge in [-0.2, -0.15) is 17.5 Å². The van der Waals surface area contributed by atoms with Gasteiger partial charge in [0.05, 0.1) is 0 Å². The topological polar surface area (TPSA) is 0 Å². The molecule has 2 aromatic carbocycles. The molecule has 0 atom stereocenters. The van der Waals surface area contributed by atoms with E-state index in [1.165, 1.54) is 10.8 Å². The van der Waals surface area contributed by atoms with Crippen LogP contribution in [0.1, 0.15) is 0 Å². The van der Waals surface area contributed by atoms with Crippen molar-refractivity contribution in [2.75, 3.05) is 0 Å². The fourth-order valence-corrected chi connectivity index (χ4v) is 1.07. The van der Waals surface area contributed by atoms with Gasteiger partial charge in [0.25, 0.3) is 0 Å². The fraction of sp³-hybridized carbons (Fsp3) is 0. The van der Waals surface area contributed by atoms with Crippen LogP contribution in [0.3, 0.4) is 0 Å². The van der Waals surface area contributed by atoms with Crippen LogP contribution in [-0.4, -0.2) is 0 Å². The smallest absolute Gasteiger partial charge is 0 e. The van der Waals surface area contributed by atoms with Crippen LogP contribution in [0.2, 0.25) is 0 Å². The van der Waals surface area contributed by atoms with Gasteiger partial charge in [-0.15, -0.1) is 29.7 Å². The number of hydrogen-bond acceptors (Lipinski definition) is 0. The monoisotopic (exact) mass is 691 g/mol. The Morgan fingerprint density at radius 1 is 0.857 bits per heavy atom. The maximum atomic E-state index is 2.12. The molecule has 0 nitrogen and oxygen atoms in total. The quantitative estimate of drug-likeness (QED) is 0.147. The van der Waals surface area contributed by atoms with E-state index in [-0.39, 0.29) is 105 Å². The summed E-state index contributed by atoms with van der Waals surface area (Å²) in [7, 11) is 0. The number of rotatable bonds is 0. The Bertz CT molecular complexity index is 289. The van der Waals surface area contributed by atoms with Crippen molar-refractivity contribution in [2.45, 2.75) is 0 Å². The first-order valence-corrected chi connectivity index (χ1v) is 3.07. The Balaban J connectivity index is -0.0000001000. The Morgan fingerprint density at radius 3 is 2.00 bits per heavy atom. The fourth-order valence-electron chi connectivity index (χ4n) is 1.07. The normalized spacial score (nSPS) is 6.57. The minimum absolute atomic E-state index is 0. The first kappa shape index (κ1) is 24.9. The van der Waals surface area contributed by atoms with Crippen LogP contribution in [0, 0.1) is 7.43 Å². The first-order chi connectivity index (χ1) is 4.47. The number of fused-ring (bicyclic) bond motifs is 1. The third kappa shape index (κ3) is 6.47. The van der Waals surface area contributed by atoms with Crippen LogP contribution >= 0.6 is 0 Å². The summed E-state index contributed by atoms with van der Waals surface area (Å²) in [5.74, 6) is 0. The average Bonchev–Trinajstić information content (AvgIpc) is 2.33. The van der Waals surface area contributed by atoms with Crippen molar-refractivity contribution in [3.63, 3.8) is 0 Å². The van der Waals surface area contributed by atoms with Gasteiger partial charge in [-0.05, 0) is 0 Å². The molecule has 0 aliphatic carbocycles. The van der Waals surface area contributed by atoms with E-state index >= 15 is 0 Å². The number of hydrogen-bond donors (Lipinski definition) is 0. The Morgan fingerprint density at radius 2 is 1.43 bits per heavy atom. The van der Waals surface area contributed by atoms with Gasteiger partial charge in [-0.3, -0.25) is 0 Å². The van der Waals surface area contributed by atoms with Crippen LogP contribution in [0.5, 0.6) is 0 Å². The van der Waals surface area contributed by atoms with Crippen molar-refractivity contribution >= 4 is 10.8 Å². The molecular weight excluding hydrogens is 679 g/mol. The van der Waals surface area contributed by atoms with Crippen LogP contribution < -0.4 is 71.9 Å². The predicted molar refractivity (Wildman–Crippen MR) is 46.0 cm³/mol. The van der Waals surface area contributed by atoms with Gasteiger partial charge >= 0.3 is 0 Å². The van der Waals surface area contributed by atoms with E-state index in [0.717, 1.165) is 0 Å². The Labute approximate surface area is 156 Å². The predicted octanol–water partition coefficient (Wildman–Crippen LogP) is -5.98. The second-order valence-corrected chi connectivity index (χ2v) is 2.15. The van der Waals surface area contributed by atoms with Crippen molar-refractivity contribution in [2.24, 2.45) is 0 Å². The molecule has 0 amide bonds. The molecule has 0 bridgehead atoms. The summed E-state index contributed by atoms with van der Waals surface area (Å²) in [5.41, 5.74) is 0. The van der Waals surface area contributed by atoms with Crippen molar-refractivity contribution in [1.82, 2.24) is 0 Å². The molecule has 80 valence electrons. The molecule has 0 spiro atoms. The van der Waals surface area contributed by atoms with Crippen LogP contribution in [0.15, 0.2) is 42.5 Å². The van der Waals surface area contributed by atoms with E-state index in [1.54, 1.807) is 0 Å². The van der Waals surface area contributed by atoms with Crippen molar-refractivity contribution < 1.29 is 97.8 Å². The molecule has 0 saturated carbocycles. The molecule has 0 aromatic heterocycles. The standard InChI is InChI=1S/C9H7.CH3.Hf.3HI/c1-2-5-9-7-3-6-8(9)4-1;;;;;/h1-7H;1H3;;3*1H/q2*-1;;;;/p-3. The van der Waals surface area contributed by atoms with E-state index in [0.29, 0.717) is 0 Å².